The van der Waals surface area contributed by atoms with E-state index >= 15 is 0 Å². The van der Waals surface area contributed by atoms with Crippen molar-refractivity contribution in [1.29, 1.82) is 0 Å². The molecule has 19 heavy (non-hydrogen) atoms. The Morgan fingerprint density at radius 1 is 1.32 bits per heavy atom. The molecule has 0 fully saturated rings. The lowest BCUT2D eigenvalue weighted by Gasteiger charge is -2.07. The first-order chi connectivity index (χ1) is 9.22. The highest BCUT2D eigenvalue weighted by molar-refractivity contribution is 5.97. The van der Waals surface area contributed by atoms with Gasteiger partial charge in [-0.15, -0.1) is 0 Å². The van der Waals surface area contributed by atoms with E-state index in [1.54, 1.807) is 24.3 Å². The molecular formula is C13H13FN2O3. The summed E-state index contributed by atoms with van der Waals surface area (Å²) < 4.78 is 24.4. The third-order valence-corrected chi connectivity index (χ3v) is 2.54. The van der Waals surface area contributed by atoms with Crippen LogP contribution in [-0.4, -0.2) is 11.0 Å². The minimum absolute atomic E-state index is 0.0431. The second-order valence-corrected chi connectivity index (χ2v) is 3.84. The molecule has 0 aliphatic carbocycles. The zero-order valence-corrected chi connectivity index (χ0v) is 10.0. The predicted molar refractivity (Wildman–Crippen MR) is 66.1 cm³/mol. The van der Waals surface area contributed by atoms with Crippen molar-refractivity contribution >= 4 is 5.84 Å². The number of oxime groups is 1. The maximum absolute atomic E-state index is 14.0. The first-order valence-corrected chi connectivity index (χ1v) is 5.57. The van der Waals surface area contributed by atoms with Crippen LogP contribution in [0.15, 0.2) is 46.2 Å². The highest BCUT2D eigenvalue weighted by Crippen LogP contribution is 2.15. The van der Waals surface area contributed by atoms with E-state index in [2.05, 4.69) is 5.16 Å². The molecule has 0 atom stereocenters. The number of hydrogen-bond donors (Lipinski definition) is 2. The standard InChI is InChI=1S/C13H13FN2O3/c14-12-9(3-1-5-11(12)13(15)16-17)7-18-8-10-4-2-6-19-10/h1-6,17H,7-8H2,(H2,15,16). The second-order valence-electron chi connectivity index (χ2n) is 3.84. The molecule has 5 nitrogen and oxygen atoms in total. The Balaban J connectivity index is 2.04. The molecule has 0 amide bonds. The molecule has 0 aliphatic rings. The van der Waals surface area contributed by atoms with Crippen LogP contribution in [0.25, 0.3) is 0 Å². The van der Waals surface area contributed by atoms with Crippen LogP contribution in [0.2, 0.25) is 0 Å². The smallest absolute Gasteiger partial charge is 0.173 e. The third kappa shape index (κ3) is 3.11. The minimum Gasteiger partial charge on any atom is -0.467 e. The first-order valence-electron chi connectivity index (χ1n) is 5.57. The van der Waals surface area contributed by atoms with Gasteiger partial charge in [-0.05, 0) is 18.2 Å². The van der Waals surface area contributed by atoms with Gasteiger partial charge in [0, 0.05) is 5.56 Å². The molecule has 0 bridgehead atoms. The molecule has 2 rings (SSSR count). The number of furan rings is 1. The Kier molecular flexibility index (Phi) is 4.15. The second kappa shape index (κ2) is 6.01. The average molecular weight is 264 g/mol. The molecule has 1 aromatic heterocycles. The molecule has 3 N–H and O–H groups in total. The maximum Gasteiger partial charge on any atom is 0.173 e. The van der Waals surface area contributed by atoms with Gasteiger partial charge in [-0.2, -0.15) is 0 Å². The van der Waals surface area contributed by atoms with E-state index in [1.807, 2.05) is 0 Å². The van der Waals surface area contributed by atoms with Gasteiger partial charge >= 0.3 is 0 Å². The van der Waals surface area contributed by atoms with Gasteiger partial charge < -0.3 is 20.1 Å². The molecule has 0 saturated carbocycles. The van der Waals surface area contributed by atoms with Gasteiger partial charge in [-0.1, -0.05) is 17.3 Å². The summed E-state index contributed by atoms with van der Waals surface area (Å²) in [5.74, 6) is -0.171. The Labute approximate surface area is 109 Å². The lowest BCUT2D eigenvalue weighted by molar-refractivity contribution is 0.0908. The van der Waals surface area contributed by atoms with Crippen molar-refractivity contribution in [3.05, 3.63) is 59.3 Å². The van der Waals surface area contributed by atoms with Crippen molar-refractivity contribution in [1.82, 2.24) is 0 Å². The van der Waals surface area contributed by atoms with E-state index in [9.17, 15) is 4.39 Å². The number of nitrogens with two attached hydrogens (primary N) is 1. The number of nitrogens with zero attached hydrogens (tertiary/aromatic N) is 1. The highest BCUT2D eigenvalue weighted by Gasteiger charge is 2.11. The highest BCUT2D eigenvalue weighted by atomic mass is 19.1. The van der Waals surface area contributed by atoms with Crippen LogP contribution >= 0.6 is 0 Å². The van der Waals surface area contributed by atoms with Crippen molar-refractivity contribution < 1.29 is 18.8 Å². The molecule has 2 aromatic rings. The third-order valence-electron chi connectivity index (χ3n) is 2.54. The molecule has 1 aromatic carbocycles. The largest absolute Gasteiger partial charge is 0.467 e. The van der Waals surface area contributed by atoms with Gasteiger partial charge in [-0.3, -0.25) is 0 Å². The molecule has 0 saturated heterocycles. The number of amidine groups is 1. The Hall–Kier alpha value is -2.34. The molecule has 0 radical (unpaired) electrons. The van der Waals surface area contributed by atoms with Gasteiger partial charge in [0.1, 0.15) is 18.2 Å². The van der Waals surface area contributed by atoms with E-state index in [1.165, 1.54) is 12.3 Å². The Morgan fingerprint density at radius 3 is 2.84 bits per heavy atom. The zero-order valence-electron chi connectivity index (χ0n) is 10.0. The quantitative estimate of drug-likeness (QED) is 0.375. The molecule has 0 unspecified atom stereocenters. The Morgan fingerprint density at radius 2 is 2.16 bits per heavy atom. The minimum atomic E-state index is -0.558. The van der Waals surface area contributed by atoms with Gasteiger partial charge in [0.2, 0.25) is 0 Å². The van der Waals surface area contributed by atoms with Crippen molar-refractivity contribution in [3.63, 3.8) is 0 Å². The zero-order chi connectivity index (χ0) is 13.7. The van der Waals surface area contributed by atoms with Crippen molar-refractivity contribution in [3.8, 4) is 0 Å². The van der Waals surface area contributed by atoms with E-state index in [-0.39, 0.29) is 24.6 Å². The van der Waals surface area contributed by atoms with Crippen LogP contribution in [0.5, 0.6) is 0 Å². The fraction of sp³-hybridized carbons (Fsp3) is 0.154. The van der Waals surface area contributed by atoms with E-state index in [0.29, 0.717) is 11.3 Å². The topological polar surface area (TPSA) is 81.0 Å². The number of ether oxygens (including phenoxy) is 1. The lowest BCUT2D eigenvalue weighted by Crippen LogP contribution is -2.16. The fourth-order valence-corrected chi connectivity index (χ4v) is 1.60. The molecule has 100 valence electrons. The monoisotopic (exact) mass is 264 g/mol. The molecule has 0 spiro atoms. The first kappa shape index (κ1) is 13.1. The van der Waals surface area contributed by atoms with E-state index in [4.69, 9.17) is 20.1 Å². The summed E-state index contributed by atoms with van der Waals surface area (Å²) in [4.78, 5) is 0. The van der Waals surface area contributed by atoms with Crippen LogP contribution < -0.4 is 5.73 Å². The normalized spacial score (nSPS) is 11.7. The molecule has 0 aliphatic heterocycles. The number of halogens is 1. The van der Waals surface area contributed by atoms with E-state index < -0.39 is 5.82 Å². The SMILES string of the molecule is N/C(=N/O)c1cccc(COCc2ccco2)c1F. The molecule has 6 heteroatoms. The number of benzene rings is 1. The number of rotatable bonds is 5. The van der Waals surface area contributed by atoms with Gasteiger partial charge in [-0.25, -0.2) is 4.39 Å². The van der Waals surface area contributed by atoms with Crippen molar-refractivity contribution in [2.24, 2.45) is 10.9 Å². The summed E-state index contributed by atoms with van der Waals surface area (Å²) in [7, 11) is 0. The van der Waals surface area contributed by atoms with Gasteiger partial charge in [0.15, 0.2) is 5.84 Å². The van der Waals surface area contributed by atoms with Crippen LogP contribution in [0.4, 0.5) is 4.39 Å². The molecule has 1 heterocycles. The summed E-state index contributed by atoms with van der Waals surface area (Å²) in [6.07, 6.45) is 1.54. The summed E-state index contributed by atoms with van der Waals surface area (Å²) in [5.41, 5.74) is 5.75. The summed E-state index contributed by atoms with van der Waals surface area (Å²) in [5, 5.41) is 11.3. The predicted octanol–water partition coefficient (Wildman–Crippen LogP) is 2.23. The van der Waals surface area contributed by atoms with Crippen molar-refractivity contribution in [2.75, 3.05) is 0 Å². The van der Waals surface area contributed by atoms with Gasteiger partial charge in [0.05, 0.1) is 18.4 Å². The molecular weight excluding hydrogens is 251 g/mol. The van der Waals surface area contributed by atoms with Crippen LogP contribution in [-0.2, 0) is 18.0 Å². The fourth-order valence-electron chi connectivity index (χ4n) is 1.60. The van der Waals surface area contributed by atoms with Gasteiger partial charge in [0.25, 0.3) is 0 Å². The Bertz CT molecular complexity index is 567. The summed E-state index contributed by atoms with van der Waals surface area (Å²) in [6, 6.07) is 8.13. The van der Waals surface area contributed by atoms with Crippen molar-refractivity contribution in [2.45, 2.75) is 13.2 Å². The van der Waals surface area contributed by atoms with Crippen LogP contribution in [0.1, 0.15) is 16.9 Å². The summed E-state index contributed by atoms with van der Waals surface area (Å²) in [6.45, 7) is 0.319. The van der Waals surface area contributed by atoms with E-state index in [0.717, 1.165) is 0 Å². The maximum atomic E-state index is 14.0. The average Bonchev–Trinajstić information content (AvgIpc) is 2.93. The van der Waals surface area contributed by atoms with Crippen LogP contribution in [0.3, 0.4) is 0 Å². The lowest BCUT2D eigenvalue weighted by atomic mass is 10.1. The number of hydrogen-bond acceptors (Lipinski definition) is 4. The van der Waals surface area contributed by atoms with Crippen LogP contribution in [0, 0.1) is 5.82 Å². The summed E-state index contributed by atoms with van der Waals surface area (Å²) >= 11 is 0.